The zero-order valence-electron chi connectivity index (χ0n) is 10.4. The van der Waals surface area contributed by atoms with Crippen LogP contribution in [0, 0.1) is 0 Å². The summed E-state index contributed by atoms with van der Waals surface area (Å²) in [5.74, 6) is 0. The third-order valence-corrected chi connectivity index (χ3v) is 4.31. The van der Waals surface area contributed by atoms with Gasteiger partial charge in [0.25, 0.3) is 0 Å². The van der Waals surface area contributed by atoms with Crippen LogP contribution in [0.2, 0.25) is 26.1 Å². The van der Waals surface area contributed by atoms with Crippen molar-refractivity contribution in [3.05, 3.63) is 23.8 Å². The third-order valence-electron chi connectivity index (χ3n) is 1.83. The first kappa shape index (κ1) is 18.1. The van der Waals surface area contributed by atoms with E-state index < -0.39 is 14.4 Å². The van der Waals surface area contributed by atoms with Crippen molar-refractivity contribution in [2.75, 3.05) is 6.61 Å². The normalized spacial score (nSPS) is 19.4. The number of rotatable bonds is 3. The van der Waals surface area contributed by atoms with E-state index in [4.69, 9.17) is 3.32 Å². The van der Waals surface area contributed by atoms with Crippen molar-refractivity contribution in [1.82, 2.24) is 0 Å². The summed E-state index contributed by atoms with van der Waals surface area (Å²) in [6, 6.07) is 0. The van der Waals surface area contributed by atoms with Crippen LogP contribution in [0.4, 0.5) is 0 Å². The molecular weight excluding hydrogens is 267 g/mol. The summed E-state index contributed by atoms with van der Waals surface area (Å²) in [4.78, 5) is 0. The fraction of sp³-hybridized carbons (Fsp3) is 0.636. The van der Waals surface area contributed by atoms with E-state index in [0.717, 1.165) is 13.0 Å². The van der Waals surface area contributed by atoms with Gasteiger partial charge < -0.3 is 0 Å². The van der Waals surface area contributed by atoms with Gasteiger partial charge >= 0.3 is 80.7 Å². The van der Waals surface area contributed by atoms with Crippen LogP contribution >= 0.6 is 24.8 Å². The quantitative estimate of drug-likeness (QED) is 0.656. The van der Waals surface area contributed by atoms with Gasteiger partial charge in [-0.1, -0.05) is 0 Å². The molecule has 0 amide bonds. The molecule has 92 valence electrons. The second-order valence-corrected chi connectivity index (χ2v) is 27.0. The molecule has 0 saturated heterocycles. The SMILES string of the molecule is Cl.Cl.[CH3][Ti]([CH3])([CH3])([CH3])([CH3])[O]CC1=CC=CC1. The van der Waals surface area contributed by atoms with Gasteiger partial charge in [0.05, 0.1) is 0 Å². The molecular formula is C11H24Cl2OTi. The zero-order valence-corrected chi connectivity index (χ0v) is 13.6. The Kier molecular flexibility index (Phi) is 5.48. The fourth-order valence-electron chi connectivity index (χ4n) is 1.05. The van der Waals surface area contributed by atoms with Crippen LogP contribution in [0.25, 0.3) is 0 Å². The van der Waals surface area contributed by atoms with E-state index in [2.05, 4.69) is 44.4 Å². The Labute approximate surface area is 105 Å². The first-order valence-electron chi connectivity index (χ1n) is 5.06. The average Bonchev–Trinajstić information content (AvgIpc) is 2.29. The van der Waals surface area contributed by atoms with Gasteiger partial charge in [-0.2, -0.15) is 0 Å². The Morgan fingerprint density at radius 2 is 1.67 bits per heavy atom. The molecule has 0 radical (unpaired) electrons. The second kappa shape index (κ2) is 4.54. The topological polar surface area (TPSA) is 9.23 Å². The third kappa shape index (κ3) is 9.65. The minimum atomic E-state index is -2.96. The summed E-state index contributed by atoms with van der Waals surface area (Å²) in [6.45, 7) is 0.814. The van der Waals surface area contributed by atoms with Gasteiger partial charge in [-0.15, -0.1) is 24.8 Å². The molecule has 0 aliphatic heterocycles. The monoisotopic (exact) mass is 290 g/mol. The molecule has 0 atom stereocenters. The standard InChI is InChI=1S/C6H7O.5CH3.2ClH.Ti/c7-5-6-3-1-2-4-6;;;;;;;;/h1-3H,4-5H2;5*1H3;2*1H;/q-1;;;;;;;;+1. The summed E-state index contributed by atoms with van der Waals surface area (Å²) in [6.07, 6.45) is 7.53. The van der Waals surface area contributed by atoms with Gasteiger partial charge in [0.15, 0.2) is 0 Å². The fourth-order valence-corrected chi connectivity index (χ4v) is 2.47. The van der Waals surface area contributed by atoms with E-state index in [1.54, 1.807) is 0 Å². The number of hydrogen-bond donors (Lipinski definition) is 0. The van der Waals surface area contributed by atoms with Gasteiger partial charge in [-0.05, 0) is 0 Å². The summed E-state index contributed by atoms with van der Waals surface area (Å²) in [7, 11) is 0. The molecule has 0 spiro atoms. The van der Waals surface area contributed by atoms with Gasteiger partial charge in [0.2, 0.25) is 0 Å². The molecule has 1 rings (SSSR count). The maximum absolute atomic E-state index is 6.17. The van der Waals surface area contributed by atoms with Crippen molar-refractivity contribution >= 4 is 24.8 Å². The number of hydrogen-bond acceptors (Lipinski definition) is 1. The molecule has 0 unspecified atom stereocenters. The molecule has 0 bridgehead atoms. The average molecular weight is 291 g/mol. The van der Waals surface area contributed by atoms with Crippen LogP contribution in [-0.4, -0.2) is 6.61 Å². The van der Waals surface area contributed by atoms with E-state index in [1.165, 1.54) is 5.57 Å². The van der Waals surface area contributed by atoms with Crippen LogP contribution < -0.4 is 0 Å². The first-order valence-corrected chi connectivity index (χ1v) is 13.5. The van der Waals surface area contributed by atoms with E-state index in [9.17, 15) is 0 Å². The van der Waals surface area contributed by atoms with Crippen molar-refractivity contribution < 1.29 is 17.7 Å². The van der Waals surface area contributed by atoms with Crippen LogP contribution in [-0.2, 0) is 17.7 Å². The molecule has 4 heteroatoms. The van der Waals surface area contributed by atoms with E-state index >= 15 is 0 Å². The van der Waals surface area contributed by atoms with Crippen molar-refractivity contribution in [3.8, 4) is 0 Å². The van der Waals surface area contributed by atoms with Gasteiger partial charge in [0, 0.05) is 0 Å². The molecule has 0 heterocycles. The Morgan fingerprint density at radius 3 is 2.00 bits per heavy atom. The molecule has 1 aliphatic carbocycles. The van der Waals surface area contributed by atoms with Crippen LogP contribution in [0.3, 0.4) is 0 Å². The van der Waals surface area contributed by atoms with Crippen molar-refractivity contribution in [1.29, 1.82) is 0 Å². The molecule has 1 aliphatic rings. The Hall–Kier alpha value is 0.734. The van der Waals surface area contributed by atoms with Crippen molar-refractivity contribution in [2.45, 2.75) is 32.6 Å². The van der Waals surface area contributed by atoms with E-state index in [0.29, 0.717) is 0 Å². The Balaban J connectivity index is 0. The molecule has 0 N–H and O–H groups in total. The maximum atomic E-state index is 6.17. The Bertz CT molecular complexity index is 271. The molecule has 0 aromatic heterocycles. The Morgan fingerprint density at radius 1 is 1.13 bits per heavy atom. The summed E-state index contributed by atoms with van der Waals surface area (Å²) < 4.78 is 6.17. The van der Waals surface area contributed by atoms with Crippen LogP contribution in [0.5, 0.6) is 0 Å². The summed E-state index contributed by atoms with van der Waals surface area (Å²) in [5, 5.41) is 11.5. The number of allylic oxidation sites excluding steroid dienone is 3. The first-order chi connectivity index (χ1) is 5.55. The summed E-state index contributed by atoms with van der Waals surface area (Å²) in [5.41, 5.74) is 1.41. The van der Waals surface area contributed by atoms with Crippen LogP contribution in [0.1, 0.15) is 6.42 Å². The van der Waals surface area contributed by atoms with Gasteiger partial charge in [-0.3, -0.25) is 0 Å². The van der Waals surface area contributed by atoms with E-state index in [-0.39, 0.29) is 24.8 Å². The van der Waals surface area contributed by atoms with Crippen LogP contribution in [0.15, 0.2) is 23.8 Å². The predicted molar refractivity (Wildman–Crippen MR) is 71.6 cm³/mol. The minimum absolute atomic E-state index is 0. The molecule has 1 nitrogen and oxygen atoms in total. The van der Waals surface area contributed by atoms with Gasteiger partial charge in [-0.25, -0.2) is 0 Å². The number of halogens is 2. The molecule has 0 aromatic carbocycles. The van der Waals surface area contributed by atoms with E-state index in [1.807, 2.05) is 0 Å². The second-order valence-electron chi connectivity index (χ2n) is 7.77. The summed E-state index contributed by atoms with van der Waals surface area (Å²) >= 11 is -2.96. The van der Waals surface area contributed by atoms with Crippen molar-refractivity contribution in [2.24, 2.45) is 0 Å². The molecule has 0 saturated carbocycles. The molecule has 0 fully saturated rings. The van der Waals surface area contributed by atoms with Crippen molar-refractivity contribution in [3.63, 3.8) is 0 Å². The predicted octanol–water partition coefficient (Wildman–Crippen LogP) is 5.11. The van der Waals surface area contributed by atoms with Gasteiger partial charge in [0.1, 0.15) is 0 Å². The molecule has 0 aromatic rings. The molecule has 15 heavy (non-hydrogen) atoms. The zero-order chi connectivity index (χ0) is 10.2.